The van der Waals surface area contributed by atoms with Crippen molar-refractivity contribution in [3.63, 3.8) is 0 Å². The first-order chi connectivity index (χ1) is 7.07. The Morgan fingerprint density at radius 3 is 2.80 bits per heavy atom. The maximum absolute atomic E-state index is 11.6. The molecule has 3 unspecified atom stereocenters. The van der Waals surface area contributed by atoms with Crippen LogP contribution in [0, 0.1) is 5.92 Å². The van der Waals surface area contributed by atoms with E-state index in [2.05, 4.69) is 31.9 Å². The number of rotatable bonds is 4. The van der Waals surface area contributed by atoms with Gasteiger partial charge in [0.05, 0.1) is 0 Å². The molecular weight excluding hydrogens is 206 g/mol. The highest BCUT2D eigenvalue weighted by atomic mass is 32.2. The lowest BCUT2D eigenvalue weighted by atomic mass is 9.89. The number of hydrogen-bond acceptors (Lipinski definition) is 3. The Hall–Kier alpha value is -0.0200. The van der Waals surface area contributed by atoms with Gasteiger partial charge in [-0.15, -0.1) is 0 Å². The van der Waals surface area contributed by atoms with E-state index in [-0.39, 0.29) is 5.92 Å². The first-order valence-electron chi connectivity index (χ1n) is 5.85. The van der Waals surface area contributed by atoms with E-state index in [4.69, 9.17) is 0 Å². The minimum atomic E-state index is 0.218. The van der Waals surface area contributed by atoms with Gasteiger partial charge in [-0.2, -0.15) is 11.8 Å². The topological polar surface area (TPSA) is 20.3 Å². The van der Waals surface area contributed by atoms with Gasteiger partial charge in [0.25, 0.3) is 0 Å². The van der Waals surface area contributed by atoms with Gasteiger partial charge < -0.3 is 0 Å². The third-order valence-electron chi connectivity index (χ3n) is 3.68. The Balaban J connectivity index is 2.51. The lowest BCUT2D eigenvalue weighted by Gasteiger charge is -2.40. The fraction of sp³-hybridized carbons (Fsp3) is 0.917. The van der Waals surface area contributed by atoms with Gasteiger partial charge in [0.1, 0.15) is 5.78 Å². The van der Waals surface area contributed by atoms with Gasteiger partial charge in [-0.3, -0.25) is 9.69 Å². The number of carbonyl (C=O) groups is 1. The van der Waals surface area contributed by atoms with Crippen LogP contribution in [-0.4, -0.2) is 41.3 Å². The number of hydrogen-bond donors (Lipinski definition) is 0. The van der Waals surface area contributed by atoms with Crippen LogP contribution in [0.25, 0.3) is 0 Å². The summed E-state index contributed by atoms with van der Waals surface area (Å²) in [5.41, 5.74) is 0. The number of likely N-dealkylation sites (tertiary alicyclic amines) is 1. The van der Waals surface area contributed by atoms with Gasteiger partial charge in [-0.05, 0) is 32.3 Å². The molecule has 3 atom stereocenters. The molecule has 1 rings (SSSR count). The van der Waals surface area contributed by atoms with Crippen molar-refractivity contribution in [2.45, 2.75) is 45.7 Å². The molecule has 0 amide bonds. The molecule has 1 aliphatic rings. The second-order valence-corrected chi connectivity index (χ2v) is 5.60. The molecule has 0 aromatic carbocycles. The van der Waals surface area contributed by atoms with Crippen molar-refractivity contribution in [3.8, 4) is 0 Å². The highest BCUT2D eigenvalue weighted by Gasteiger charge is 2.32. The summed E-state index contributed by atoms with van der Waals surface area (Å²) in [7, 11) is 0. The molecule has 0 radical (unpaired) electrons. The van der Waals surface area contributed by atoms with Gasteiger partial charge in [0.15, 0.2) is 0 Å². The third-order valence-corrected chi connectivity index (χ3v) is 4.32. The molecule has 1 heterocycles. The molecule has 1 fully saturated rings. The molecule has 88 valence electrons. The molecule has 1 saturated heterocycles. The van der Waals surface area contributed by atoms with E-state index in [0.29, 0.717) is 17.9 Å². The van der Waals surface area contributed by atoms with Crippen molar-refractivity contribution in [1.29, 1.82) is 0 Å². The van der Waals surface area contributed by atoms with E-state index < -0.39 is 0 Å². The number of Topliss-reactive ketones (excluding diaryl/α,β-unsaturated/α-hetero) is 1. The average Bonchev–Trinajstić information content (AvgIpc) is 2.23. The summed E-state index contributed by atoms with van der Waals surface area (Å²) in [6, 6.07) is 1.03. The molecule has 0 bridgehead atoms. The first kappa shape index (κ1) is 13.0. The van der Waals surface area contributed by atoms with E-state index in [9.17, 15) is 4.79 Å². The largest absolute Gasteiger partial charge is 0.299 e. The molecule has 0 aromatic rings. The quantitative estimate of drug-likeness (QED) is 0.738. The Bertz CT molecular complexity index is 220. The monoisotopic (exact) mass is 229 g/mol. The lowest BCUT2D eigenvalue weighted by molar-refractivity contribution is -0.128. The van der Waals surface area contributed by atoms with Crippen LogP contribution < -0.4 is 0 Å². The summed E-state index contributed by atoms with van der Waals surface area (Å²) in [6.45, 7) is 7.51. The van der Waals surface area contributed by atoms with Gasteiger partial charge in [-0.25, -0.2) is 0 Å². The van der Waals surface area contributed by atoms with Crippen molar-refractivity contribution in [1.82, 2.24) is 4.90 Å². The van der Waals surface area contributed by atoms with E-state index in [1.807, 2.05) is 11.8 Å². The summed E-state index contributed by atoms with van der Waals surface area (Å²) < 4.78 is 0. The molecule has 3 heteroatoms. The standard InChI is InChI=1S/C12H23NOS/c1-9(6-8-15-4)13-7-5-12(14)10(2)11(13)3/h9-11H,5-8H2,1-4H3. The van der Waals surface area contributed by atoms with Crippen LogP contribution in [0.4, 0.5) is 0 Å². The Morgan fingerprint density at radius 2 is 2.20 bits per heavy atom. The maximum atomic E-state index is 11.6. The summed E-state index contributed by atoms with van der Waals surface area (Å²) in [5, 5.41) is 0. The normalized spacial score (nSPS) is 30.5. The van der Waals surface area contributed by atoms with Crippen LogP contribution in [0.3, 0.4) is 0 Å². The molecule has 0 aliphatic carbocycles. The van der Waals surface area contributed by atoms with Gasteiger partial charge in [0, 0.05) is 31.0 Å². The van der Waals surface area contributed by atoms with Gasteiger partial charge >= 0.3 is 0 Å². The summed E-state index contributed by atoms with van der Waals surface area (Å²) >= 11 is 1.90. The second-order valence-electron chi connectivity index (χ2n) is 4.61. The highest BCUT2D eigenvalue weighted by molar-refractivity contribution is 7.98. The summed E-state index contributed by atoms with van der Waals surface area (Å²) in [4.78, 5) is 14.1. The minimum absolute atomic E-state index is 0.218. The summed E-state index contributed by atoms with van der Waals surface area (Å²) in [6.07, 6.45) is 4.13. The van der Waals surface area contributed by atoms with Crippen LogP contribution >= 0.6 is 11.8 Å². The van der Waals surface area contributed by atoms with Crippen LogP contribution in [-0.2, 0) is 4.79 Å². The zero-order valence-corrected chi connectivity index (χ0v) is 11.1. The SMILES string of the molecule is CSCCC(C)N1CCC(=O)C(C)C1C. The molecule has 0 N–H and O–H groups in total. The molecule has 2 nitrogen and oxygen atoms in total. The smallest absolute Gasteiger partial charge is 0.138 e. The van der Waals surface area contributed by atoms with Crippen LogP contribution in [0.2, 0.25) is 0 Å². The number of carbonyl (C=O) groups excluding carboxylic acids is 1. The van der Waals surface area contributed by atoms with E-state index in [1.54, 1.807) is 0 Å². The van der Waals surface area contributed by atoms with Crippen molar-refractivity contribution in [2.24, 2.45) is 5.92 Å². The Labute approximate surface area is 97.8 Å². The number of piperidine rings is 1. The Morgan fingerprint density at radius 1 is 1.53 bits per heavy atom. The number of nitrogens with zero attached hydrogens (tertiary/aromatic N) is 1. The van der Waals surface area contributed by atoms with E-state index in [1.165, 1.54) is 12.2 Å². The van der Waals surface area contributed by atoms with Crippen molar-refractivity contribution < 1.29 is 4.79 Å². The molecule has 1 aliphatic heterocycles. The van der Waals surface area contributed by atoms with Crippen molar-refractivity contribution in [2.75, 3.05) is 18.6 Å². The molecule has 0 spiro atoms. The fourth-order valence-electron chi connectivity index (χ4n) is 2.30. The predicted molar refractivity (Wildman–Crippen MR) is 67.4 cm³/mol. The molecule has 0 aromatic heterocycles. The summed E-state index contributed by atoms with van der Waals surface area (Å²) in [5.74, 6) is 1.87. The molecule has 15 heavy (non-hydrogen) atoms. The van der Waals surface area contributed by atoms with Gasteiger partial charge in [-0.1, -0.05) is 6.92 Å². The van der Waals surface area contributed by atoms with E-state index in [0.717, 1.165) is 13.0 Å². The molecular formula is C12H23NOS. The zero-order chi connectivity index (χ0) is 11.4. The zero-order valence-electron chi connectivity index (χ0n) is 10.3. The van der Waals surface area contributed by atoms with E-state index >= 15 is 0 Å². The van der Waals surface area contributed by atoms with Crippen LogP contribution in [0.5, 0.6) is 0 Å². The number of thioether (sulfide) groups is 1. The lowest BCUT2D eigenvalue weighted by Crippen LogP contribution is -2.50. The van der Waals surface area contributed by atoms with Crippen LogP contribution in [0.15, 0.2) is 0 Å². The highest BCUT2D eigenvalue weighted by Crippen LogP contribution is 2.23. The minimum Gasteiger partial charge on any atom is -0.299 e. The third kappa shape index (κ3) is 3.22. The second kappa shape index (κ2) is 5.90. The maximum Gasteiger partial charge on any atom is 0.138 e. The van der Waals surface area contributed by atoms with Crippen molar-refractivity contribution >= 4 is 17.5 Å². The average molecular weight is 229 g/mol. The number of ketones is 1. The fourth-order valence-corrected chi connectivity index (χ4v) is 2.88. The van der Waals surface area contributed by atoms with Crippen molar-refractivity contribution in [3.05, 3.63) is 0 Å². The Kier molecular flexibility index (Phi) is 5.13. The van der Waals surface area contributed by atoms with Crippen LogP contribution in [0.1, 0.15) is 33.6 Å². The van der Waals surface area contributed by atoms with Gasteiger partial charge in [0.2, 0.25) is 0 Å². The predicted octanol–water partition coefficient (Wildman–Crippen LogP) is 2.43. The first-order valence-corrected chi connectivity index (χ1v) is 7.24. The molecule has 0 saturated carbocycles.